The number of terminal acetylenes is 1. The molecule has 0 saturated heterocycles. The Morgan fingerprint density at radius 1 is 0.947 bits per heavy atom. The highest BCUT2D eigenvalue weighted by Gasteiger charge is 2.33. The summed E-state index contributed by atoms with van der Waals surface area (Å²) in [5.74, 6) is 1.78. The largest absolute Gasteiger partial charge is 0.417 e. The third-order valence-electron chi connectivity index (χ3n) is 2.65. The molecule has 0 saturated carbocycles. The van der Waals surface area contributed by atoms with Gasteiger partial charge in [0.1, 0.15) is 5.82 Å². The molecule has 96 valence electrons. The smallest absolute Gasteiger partial charge is 0.207 e. The van der Waals surface area contributed by atoms with E-state index < -0.39 is 17.6 Å². The monoisotopic (exact) mass is 264 g/mol. The van der Waals surface area contributed by atoms with E-state index >= 15 is 0 Å². The molecule has 2 rings (SSSR count). The SMILES string of the molecule is C#Cc1ccc(C(F)(F)F)c(-c2ccc(F)cc2)c1. The molecule has 0 heterocycles. The van der Waals surface area contributed by atoms with Crippen LogP contribution in [0.1, 0.15) is 11.1 Å². The van der Waals surface area contributed by atoms with Crippen molar-refractivity contribution in [3.8, 4) is 23.5 Å². The summed E-state index contributed by atoms with van der Waals surface area (Å²) in [6.45, 7) is 0. The van der Waals surface area contributed by atoms with E-state index in [-0.39, 0.29) is 11.1 Å². The van der Waals surface area contributed by atoms with E-state index in [0.29, 0.717) is 5.56 Å². The van der Waals surface area contributed by atoms with Gasteiger partial charge in [0.25, 0.3) is 0 Å². The summed E-state index contributed by atoms with van der Waals surface area (Å²) in [5, 5.41) is 0. The highest BCUT2D eigenvalue weighted by Crippen LogP contribution is 2.37. The first kappa shape index (κ1) is 13.2. The molecule has 0 atom stereocenters. The Bertz CT molecular complexity index is 631. The van der Waals surface area contributed by atoms with E-state index in [9.17, 15) is 17.6 Å². The quantitative estimate of drug-likeness (QED) is 0.525. The molecule has 0 amide bonds. The third-order valence-corrected chi connectivity index (χ3v) is 2.65. The molecule has 0 fully saturated rings. The van der Waals surface area contributed by atoms with E-state index in [2.05, 4.69) is 5.92 Å². The van der Waals surface area contributed by atoms with Gasteiger partial charge in [-0.2, -0.15) is 13.2 Å². The predicted molar refractivity (Wildman–Crippen MR) is 64.8 cm³/mol. The standard InChI is InChI=1S/C15H8F4/c1-2-10-3-8-14(15(17,18)19)13(9-10)11-4-6-12(16)7-5-11/h1,3-9H. The maximum atomic E-state index is 12.9. The van der Waals surface area contributed by atoms with Gasteiger partial charge in [-0.25, -0.2) is 4.39 Å². The van der Waals surface area contributed by atoms with Crippen LogP contribution in [0.5, 0.6) is 0 Å². The highest BCUT2D eigenvalue weighted by atomic mass is 19.4. The number of hydrogen-bond acceptors (Lipinski definition) is 0. The molecule has 0 N–H and O–H groups in total. The lowest BCUT2D eigenvalue weighted by Gasteiger charge is -2.13. The van der Waals surface area contributed by atoms with Gasteiger partial charge in [0.2, 0.25) is 0 Å². The van der Waals surface area contributed by atoms with Crippen LogP contribution in [0.2, 0.25) is 0 Å². The Balaban J connectivity index is 2.66. The lowest BCUT2D eigenvalue weighted by atomic mass is 9.97. The van der Waals surface area contributed by atoms with Crippen molar-refractivity contribution in [2.45, 2.75) is 6.18 Å². The van der Waals surface area contributed by atoms with Crippen LogP contribution in [-0.4, -0.2) is 0 Å². The molecular formula is C15H8F4. The average molecular weight is 264 g/mol. The number of benzene rings is 2. The van der Waals surface area contributed by atoms with Crippen molar-refractivity contribution in [3.05, 3.63) is 59.4 Å². The van der Waals surface area contributed by atoms with Gasteiger partial charge in [0, 0.05) is 5.56 Å². The second kappa shape index (κ2) is 4.77. The van der Waals surface area contributed by atoms with Gasteiger partial charge < -0.3 is 0 Å². The fourth-order valence-corrected chi connectivity index (χ4v) is 1.75. The molecule has 0 aromatic heterocycles. The van der Waals surface area contributed by atoms with Gasteiger partial charge in [-0.05, 0) is 41.5 Å². The Kier molecular flexibility index (Phi) is 3.30. The maximum Gasteiger partial charge on any atom is 0.417 e. The summed E-state index contributed by atoms with van der Waals surface area (Å²) < 4.78 is 51.6. The molecule has 0 aliphatic carbocycles. The average Bonchev–Trinajstić information content (AvgIpc) is 2.38. The lowest BCUT2D eigenvalue weighted by molar-refractivity contribution is -0.137. The zero-order valence-corrected chi connectivity index (χ0v) is 9.63. The van der Waals surface area contributed by atoms with E-state index in [0.717, 1.165) is 18.2 Å². The first-order chi connectivity index (χ1) is 8.91. The molecule has 0 bridgehead atoms. The molecule has 4 heteroatoms. The van der Waals surface area contributed by atoms with Crippen LogP contribution >= 0.6 is 0 Å². The first-order valence-electron chi connectivity index (χ1n) is 5.35. The zero-order valence-electron chi connectivity index (χ0n) is 9.63. The third kappa shape index (κ3) is 2.76. The first-order valence-corrected chi connectivity index (χ1v) is 5.35. The summed E-state index contributed by atoms with van der Waals surface area (Å²) in [6, 6.07) is 8.25. The minimum atomic E-state index is -4.49. The fraction of sp³-hybridized carbons (Fsp3) is 0.0667. The molecule has 0 nitrogen and oxygen atoms in total. The molecule has 2 aromatic carbocycles. The van der Waals surface area contributed by atoms with Gasteiger partial charge in [0.05, 0.1) is 5.56 Å². The van der Waals surface area contributed by atoms with Crippen molar-refractivity contribution in [1.29, 1.82) is 0 Å². The van der Waals surface area contributed by atoms with Gasteiger partial charge in [-0.3, -0.25) is 0 Å². The van der Waals surface area contributed by atoms with Crippen molar-refractivity contribution in [2.75, 3.05) is 0 Å². The Morgan fingerprint density at radius 2 is 1.58 bits per heavy atom. The van der Waals surface area contributed by atoms with Crippen molar-refractivity contribution in [1.82, 2.24) is 0 Å². The van der Waals surface area contributed by atoms with Gasteiger partial charge in [-0.1, -0.05) is 18.1 Å². The van der Waals surface area contributed by atoms with Crippen molar-refractivity contribution in [3.63, 3.8) is 0 Å². The van der Waals surface area contributed by atoms with Crippen molar-refractivity contribution >= 4 is 0 Å². The number of halogens is 4. The molecule has 0 unspecified atom stereocenters. The number of hydrogen-bond donors (Lipinski definition) is 0. The number of alkyl halides is 3. The summed E-state index contributed by atoms with van der Waals surface area (Å²) in [5.41, 5.74) is -0.237. The molecule has 19 heavy (non-hydrogen) atoms. The summed E-state index contributed by atoms with van der Waals surface area (Å²) in [4.78, 5) is 0. The van der Waals surface area contributed by atoms with E-state index in [4.69, 9.17) is 6.42 Å². The van der Waals surface area contributed by atoms with Crippen molar-refractivity contribution in [2.24, 2.45) is 0 Å². The Hall–Kier alpha value is -2.28. The van der Waals surface area contributed by atoms with Crippen LogP contribution in [0, 0.1) is 18.2 Å². The van der Waals surface area contributed by atoms with Crippen LogP contribution in [0.3, 0.4) is 0 Å². The summed E-state index contributed by atoms with van der Waals surface area (Å²) in [7, 11) is 0. The lowest BCUT2D eigenvalue weighted by Crippen LogP contribution is -2.07. The minimum absolute atomic E-state index is 0.0528. The van der Waals surface area contributed by atoms with E-state index in [1.54, 1.807) is 0 Å². The summed E-state index contributed by atoms with van der Waals surface area (Å²) >= 11 is 0. The summed E-state index contributed by atoms with van der Waals surface area (Å²) in [6.07, 6.45) is 0.700. The molecular weight excluding hydrogens is 256 g/mol. The molecule has 0 radical (unpaired) electrons. The van der Waals surface area contributed by atoms with Crippen LogP contribution < -0.4 is 0 Å². The normalized spacial score (nSPS) is 11.1. The molecule has 0 spiro atoms. The van der Waals surface area contributed by atoms with Crippen LogP contribution in [-0.2, 0) is 6.18 Å². The second-order valence-corrected chi connectivity index (χ2v) is 3.91. The zero-order chi connectivity index (χ0) is 14.0. The molecule has 0 aliphatic rings. The van der Waals surface area contributed by atoms with E-state index in [1.165, 1.54) is 24.3 Å². The number of rotatable bonds is 1. The fourth-order valence-electron chi connectivity index (χ4n) is 1.75. The van der Waals surface area contributed by atoms with Gasteiger partial charge >= 0.3 is 6.18 Å². The maximum absolute atomic E-state index is 12.9. The molecule has 0 aliphatic heterocycles. The van der Waals surface area contributed by atoms with Gasteiger partial charge in [0.15, 0.2) is 0 Å². The van der Waals surface area contributed by atoms with Crippen LogP contribution in [0.25, 0.3) is 11.1 Å². The van der Waals surface area contributed by atoms with Crippen LogP contribution in [0.15, 0.2) is 42.5 Å². The Morgan fingerprint density at radius 3 is 2.11 bits per heavy atom. The Labute approximate surface area is 107 Å². The predicted octanol–water partition coefficient (Wildman–Crippen LogP) is 4.49. The van der Waals surface area contributed by atoms with Crippen LogP contribution in [0.4, 0.5) is 17.6 Å². The minimum Gasteiger partial charge on any atom is -0.207 e. The second-order valence-electron chi connectivity index (χ2n) is 3.91. The topological polar surface area (TPSA) is 0 Å². The van der Waals surface area contributed by atoms with Gasteiger partial charge in [-0.15, -0.1) is 6.42 Å². The van der Waals surface area contributed by atoms with Crippen molar-refractivity contribution < 1.29 is 17.6 Å². The molecule has 2 aromatic rings. The van der Waals surface area contributed by atoms with E-state index in [1.807, 2.05) is 0 Å². The highest BCUT2D eigenvalue weighted by molar-refractivity contribution is 5.70.